The third-order valence-electron chi connectivity index (χ3n) is 7.12. The van der Waals surface area contributed by atoms with E-state index in [1.807, 2.05) is 19.9 Å². The first-order valence-electron chi connectivity index (χ1n) is 17.4. The summed E-state index contributed by atoms with van der Waals surface area (Å²) in [4.78, 5) is 41.8. The first-order valence-corrected chi connectivity index (χ1v) is 19.7. The summed E-state index contributed by atoms with van der Waals surface area (Å²) in [6.07, 6.45) is 34.8. The zero-order valence-corrected chi connectivity index (χ0v) is 31.6. The molecule has 0 aromatic carbocycles. The lowest BCUT2D eigenvalue weighted by atomic mass is 9.98. The summed E-state index contributed by atoms with van der Waals surface area (Å²) in [6, 6.07) is 2.77. The molecule has 0 bridgehead atoms. The highest BCUT2D eigenvalue weighted by Gasteiger charge is 2.34. The van der Waals surface area contributed by atoms with Gasteiger partial charge in [0.2, 0.25) is 11.8 Å². The number of nitrogens with one attached hydrogen (secondary N) is 3. The maximum absolute atomic E-state index is 12.9. The van der Waals surface area contributed by atoms with Crippen LogP contribution in [0.5, 0.6) is 0 Å². The number of carbonyl (C=O) groups is 3. The fourth-order valence-electron chi connectivity index (χ4n) is 4.19. The van der Waals surface area contributed by atoms with Crippen LogP contribution in [0.3, 0.4) is 0 Å². The summed E-state index contributed by atoms with van der Waals surface area (Å²) in [7, 11) is 3.08. The number of aliphatic hydroxyl groups excluding tert-OH is 2. The van der Waals surface area contributed by atoms with Gasteiger partial charge in [0, 0.05) is 48.8 Å². The molecule has 1 heterocycles. The molecular weight excluding hydrogens is 669 g/mol. The lowest BCUT2D eigenvalue weighted by Crippen LogP contribution is -2.50. The molecule has 1 rings (SSSR count). The van der Waals surface area contributed by atoms with E-state index in [-0.39, 0.29) is 30.7 Å². The van der Waals surface area contributed by atoms with E-state index >= 15 is 0 Å². The van der Waals surface area contributed by atoms with Crippen molar-refractivity contribution in [1.29, 1.82) is 0 Å². The lowest BCUT2D eigenvalue weighted by Gasteiger charge is -2.33. The Labute approximate surface area is 307 Å². The number of nitrogens with zero attached hydrogens (tertiary/aromatic N) is 1. The number of rotatable bonds is 27. The van der Waals surface area contributed by atoms with E-state index in [1.165, 1.54) is 17.0 Å². The van der Waals surface area contributed by atoms with Crippen molar-refractivity contribution in [3.8, 4) is 0 Å². The minimum Gasteiger partial charge on any atom is -0.394 e. The van der Waals surface area contributed by atoms with Gasteiger partial charge < -0.3 is 26.2 Å². The Kier molecular flexibility index (Phi) is 26.2. The molecule has 0 saturated carbocycles. The smallest absolute Gasteiger partial charge is 0.253 e. The Morgan fingerprint density at radius 1 is 0.860 bits per heavy atom. The SMILES string of the molecule is CC/C=C\C/C=C\C/C=C\C/C=C\C/C=C\C/C=C\CCC(=O)NCCSSC(C)(C)[C@@H](CC(=O)NC[C@@H](O)CO)NC(=O)c1cccnc1. The highest BCUT2D eigenvalue weighted by Crippen LogP contribution is 2.39. The van der Waals surface area contributed by atoms with Gasteiger partial charge in [-0.25, -0.2) is 0 Å². The predicted octanol–water partition coefficient (Wildman–Crippen LogP) is 6.79. The fraction of sp³-hybridized carbons (Fsp3) is 0.487. The van der Waals surface area contributed by atoms with Gasteiger partial charge in [0.05, 0.1) is 24.3 Å². The van der Waals surface area contributed by atoms with Gasteiger partial charge in [0.15, 0.2) is 0 Å². The lowest BCUT2D eigenvalue weighted by molar-refractivity contribution is -0.122. The molecule has 276 valence electrons. The Morgan fingerprint density at radius 3 is 1.98 bits per heavy atom. The van der Waals surface area contributed by atoms with E-state index in [0.29, 0.717) is 30.7 Å². The summed E-state index contributed by atoms with van der Waals surface area (Å²) in [5.41, 5.74) is 0.383. The van der Waals surface area contributed by atoms with Crippen LogP contribution in [0.25, 0.3) is 0 Å². The summed E-state index contributed by atoms with van der Waals surface area (Å²) in [5.74, 6) is -0.0496. The van der Waals surface area contributed by atoms with Crippen LogP contribution >= 0.6 is 21.6 Å². The maximum atomic E-state index is 12.9. The second kappa shape index (κ2) is 29.4. The van der Waals surface area contributed by atoms with Gasteiger partial charge in [-0.15, -0.1) is 0 Å². The Bertz CT molecular complexity index is 1260. The molecule has 0 saturated heterocycles. The minimum absolute atomic E-state index is 0.00209. The van der Waals surface area contributed by atoms with Crippen molar-refractivity contribution >= 4 is 39.3 Å². The first kappa shape index (κ1) is 44.6. The van der Waals surface area contributed by atoms with E-state index in [9.17, 15) is 19.5 Å². The second-order valence-electron chi connectivity index (χ2n) is 11.9. The molecule has 11 heteroatoms. The highest BCUT2D eigenvalue weighted by molar-refractivity contribution is 8.77. The molecule has 2 atom stereocenters. The zero-order chi connectivity index (χ0) is 36.7. The number of allylic oxidation sites excluding steroid dienone is 12. The third-order valence-corrected chi connectivity index (χ3v) is 10.5. The van der Waals surface area contributed by atoms with Gasteiger partial charge in [-0.05, 0) is 70.9 Å². The molecule has 0 aliphatic carbocycles. The molecule has 50 heavy (non-hydrogen) atoms. The molecule has 0 spiro atoms. The van der Waals surface area contributed by atoms with Gasteiger partial charge in [-0.1, -0.05) is 101 Å². The van der Waals surface area contributed by atoms with Crippen LogP contribution in [0.2, 0.25) is 0 Å². The average molecular weight is 727 g/mol. The van der Waals surface area contributed by atoms with Gasteiger partial charge in [-0.3, -0.25) is 19.4 Å². The van der Waals surface area contributed by atoms with Crippen molar-refractivity contribution in [2.75, 3.05) is 25.4 Å². The summed E-state index contributed by atoms with van der Waals surface area (Å²) < 4.78 is -0.560. The fourth-order valence-corrected chi connectivity index (χ4v) is 6.78. The molecule has 3 amide bonds. The molecule has 9 nitrogen and oxygen atoms in total. The highest BCUT2D eigenvalue weighted by atomic mass is 33.1. The number of hydrogen-bond acceptors (Lipinski definition) is 8. The Morgan fingerprint density at radius 2 is 1.44 bits per heavy atom. The van der Waals surface area contributed by atoms with Crippen LogP contribution in [0.1, 0.15) is 88.9 Å². The number of pyridine rings is 1. The quantitative estimate of drug-likeness (QED) is 0.0379. The van der Waals surface area contributed by atoms with Crippen LogP contribution in [0.15, 0.2) is 97.4 Å². The van der Waals surface area contributed by atoms with Crippen molar-refractivity contribution < 1.29 is 24.6 Å². The topological polar surface area (TPSA) is 141 Å². The van der Waals surface area contributed by atoms with E-state index < -0.39 is 23.5 Å². The standard InChI is InChI=1S/C39H58N4O5S2/c1-4-5-6-7-8-9-10-11-12-13-14-15-16-17-18-19-20-21-22-25-36(46)41-27-28-49-50-39(2,3)35(29-37(47)42-31-34(45)32-44)43-38(48)33-24-23-26-40-30-33/h5-6,8-9,11-12,14-15,17-18,20-21,23-24,26,30,34-35,44-45H,4,7,10,13,16,19,22,25,27-29,31-32H2,1-3H3,(H,41,46)(H,42,47)(H,43,48)/b6-5-,9-8-,12-11-,15-14-,18-17-,21-20-/t34-,35-/m1/s1. The average Bonchev–Trinajstić information content (AvgIpc) is 3.11. The van der Waals surface area contributed by atoms with Crippen LogP contribution in [-0.4, -0.2) is 75.3 Å². The molecule has 5 N–H and O–H groups in total. The number of amides is 3. The first-order chi connectivity index (χ1) is 24.2. The molecular formula is C39H58N4O5S2. The van der Waals surface area contributed by atoms with Gasteiger partial charge in [-0.2, -0.15) is 0 Å². The molecule has 0 aliphatic heterocycles. The number of hydrogen-bond donors (Lipinski definition) is 5. The van der Waals surface area contributed by atoms with Gasteiger partial charge >= 0.3 is 0 Å². The predicted molar refractivity (Wildman–Crippen MR) is 211 cm³/mol. The maximum Gasteiger partial charge on any atom is 0.253 e. The minimum atomic E-state index is -1.05. The van der Waals surface area contributed by atoms with Crippen molar-refractivity contribution in [2.45, 2.75) is 95.5 Å². The second-order valence-corrected chi connectivity index (χ2v) is 15.0. The van der Waals surface area contributed by atoms with Gasteiger partial charge in [0.25, 0.3) is 5.91 Å². The number of aromatic nitrogens is 1. The summed E-state index contributed by atoms with van der Waals surface area (Å²) >= 11 is 0. The number of carbonyl (C=O) groups excluding carboxylic acids is 3. The number of aliphatic hydroxyl groups is 2. The molecule has 1 aromatic rings. The van der Waals surface area contributed by atoms with E-state index in [0.717, 1.165) is 38.5 Å². The van der Waals surface area contributed by atoms with Crippen LogP contribution in [-0.2, 0) is 9.59 Å². The van der Waals surface area contributed by atoms with Crippen LogP contribution in [0.4, 0.5) is 0 Å². The van der Waals surface area contributed by atoms with E-state index in [4.69, 9.17) is 5.11 Å². The van der Waals surface area contributed by atoms with Crippen molar-refractivity contribution in [3.63, 3.8) is 0 Å². The van der Waals surface area contributed by atoms with Crippen molar-refractivity contribution in [1.82, 2.24) is 20.9 Å². The van der Waals surface area contributed by atoms with Crippen LogP contribution in [0, 0.1) is 0 Å². The monoisotopic (exact) mass is 726 g/mol. The third kappa shape index (κ3) is 23.9. The normalized spacial score (nSPS) is 13.7. The van der Waals surface area contributed by atoms with Crippen molar-refractivity contribution in [2.24, 2.45) is 0 Å². The molecule has 0 aliphatic rings. The largest absolute Gasteiger partial charge is 0.394 e. The molecule has 0 radical (unpaired) electrons. The molecule has 0 fully saturated rings. The van der Waals surface area contributed by atoms with Gasteiger partial charge in [0.1, 0.15) is 0 Å². The Balaban J connectivity index is 2.30. The van der Waals surface area contributed by atoms with E-state index in [2.05, 4.69) is 94.7 Å². The zero-order valence-electron chi connectivity index (χ0n) is 30.0. The summed E-state index contributed by atoms with van der Waals surface area (Å²) in [6.45, 7) is 5.99. The van der Waals surface area contributed by atoms with Crippen molar-refractivity contribution in [3.05, 3.63) is 103 Å². The molecule has 1 aromatic heterocycles. The van der Waals surface area contributed by atoms with E-state index in [1.54, 1.807) is 29.1 Å². The molecule has 0 unspecified atom stereocenters. The summed E-state index contributed by atoms with van der Waals surface area (Å²) in [5, 5.41) is 27.1. The Hall–Kier alpha value is -3.38. The van der Waals surface area contributed by atoms with Crippen LogP contribution < -0.4 is 16.0 Å².